The Morgan fingerprint density at radius 1 is 1.29 bits per heavy atom. The van der Waals surface area contributed by atoms with Crippen molar-refractivity contribution in [2.75, 3.05) is 49.9 Å². The van der Waals surface area contributed by atoms with Crippen molar-refractivity contribution in [3.63, 3.8) is 0 Å². The Morgan fingerprint density at radius 3 is 2.84 bits per heavy atom. The number of aromatic nitrogens is 2. The third-order valence-electron chi connectivity index (χ3n) is 5.56. The molecule has 0 saturated carbocycles. The fourth-order valence-corrected chi connectivity index (χ4v) is 4.66. The lowest BCUT2D eigenvalue weighted by Gasteiger charge is -2.34. The van der Waals surface area contributed by atoms with E-state index in [9.17, 15) is 0 Å². The molecule has 2 fully saturated rings. The second-order valence-corrected chi connectivity index (χ2v) is 9.33. The molecule has 0 aliphatic carbocycles. The number of thiazole rings is 1. The van der Waals surface area contributed by atoms with E-state index < -0.39 is 0 Å². The molecule has 0 bridgehead atoms. The molecule has 2 aliphatic rings. The van der Waals surface area contributed by atoms with Gasteiger partial charge in [0.2, 0.25) is 0 Å². The van der Waals surface area contributed by atoms with E-state index in [1.807, 2.05) is 12.4 Å². The molecule has 0 aromatic carbocycles. The summed E-state index contributed by atoms with van der Waals surface area (Å²) in [6.07, 6.45) is 7.66. The summed E-state index contributed by atoms with van der Waals surface area (Å²) < 4.78 is 0. The second-order valence-electron chi connectivity index (χ2n) is 8.09. The SMILES string of the molecule is Cc1cnc(Nc2cc(CN3CCN(C=CC#N)CC3)cc(N[C@H]3CCCNC3)n2)s1. The van der Waals surface area contributed by atoms with E-state index in [1.165, 1.54) is 16.9 Å². The van der Waals surface area contributed by atoms with Gasteiger partial charge in [0.25, 0.3) is 0 Å². The minimum Gasteiger partial charge on any atom is -0.374 e. The highest BCUT2D eigenvalue weighted by Gasteiger charge is 2.17. The Bertz CT molecular complexity index is 920. The van der Waals surface area contributed by atoms with Crippen molar-refractivity contribution in [1.82, 2.24) is 25.1 Å². The smallest absolute Gasteiger partial charge is 0.188 e. The average Bonchev–Trinajstić information content (AvgIpc) is 3.18. The van der Waals surface area contributed by atoms with Crippen LogP contribution < -0.4 is 16.0 Å². The van der Waals surface area contributed by atoms with Crippen molar-refractivity contribution in [3.8, 4) is 6.07 Å². The number of nitrogens with zero attached hydrogens (tertiary/aromatic N) is 5. The number of pyridine rings is 1. The van der Waals surface area contributed by atoms with Crippen LogP contribution in [-0.2, 0) is 6.54 Å². The van der Waals surface area contributed by atoms with Crippen LogP contribution in [0.15, 0.2) is 30.6 Å². The highest BCUT2D eigenvalue weighted by atomic mass is 32.1. The summed E-state index contributed by atoms with van der Waals surface area (Å²) in [5.41, 5.74) is 1.23. The van der Waals surface area contributed by atoms with Gasteiger partial charge in [0.1, 0.15) is 11.6 Å². The van der Waals surface area contributed by atoms with E-state index in [0.717, 1.165) is 69.0 Å². The molecular weight excluding hydrogens is 408 g/mol. The van der Waals surface area contributed by atoms with Gasteiger partial charge in [-0.05, 0) is 44.0 Å². The van der Waals surface area contributed by atoms with Gasteiger partial charge in [0.05, 0.1) is 6.07 Å². The van der Waals surface area contributed by atoms with Gasteiger partial charge in [-0.25, -0.2) is 9.97 Å². The lowest BCUT2D eigenvalue weighted by molar-refractivity contribution is 0.162. The molecule has 0 radical (unpaired) electrons. The Labute approximate surface area is 188 Å². The predicted octanol–water partition coefficient (Wildman–Crippen LogP) is 2.91. The van der Waals surface area contributed by atoms with Gasteiger partial charge in [-0.15, -0.1) is 11.3 Å². The molecule has 0 unspecified atom stereocenters. The minimum absolute atomic E-state index is 0.405. The molecule has 4 rings (SSSR count). The molecule has 2 aromatic rings. The van der Waals surface area contributed by atoms with Crippen LogP contribution in [0.1, 0.15) is 23.3 Å². The van der Waals surface area contributed by atoms with Gasteiger partial charge in [0.15, 0.2) is 5.13 Å². The van der Waals surface area contributed by atoms with Crippen LogP contribution in [-0.4, -0.2) is 65.1 Å². The standard InChI is InChI=1S/C22H30N8S/c1-17-14-25-22(31-17)28-21-13-18(12-20(27-21)26-19-4-2-6-24-15-19)16-30-10-8-29(9-11-30)7-3-5-23/h3,7,12-14,19,24H,2,4,6,8-11,15-16H2,1H3,(H2,25,26,27,28)/t19-/m0/s1. The van der Waals surface area contributed by atoms with E-state index in [4.69, 9.17) is 10.2 Å². The number of nitriles is 1. The van der Waals surface area contributed by atoms with Crippen LogP contribution in [0.2, 0.25) is 0 Å². The predicted molar refractivity (Wildman–Crippen MR) is 125 cm³/mol. The monoisotopic (exact) mass is 438 g/mol. The molecule has 1 atom stereocenters. The largest absolute Gasteiger partial charge is 0.374 e. The first-order chi connectivity index (χ1) is 15.2. The summed E-state index contributed by atoms with van der Waals surface area (Å²) in [5.74, 6) is 1.74. The van der Waals surface area contributed by atoms with Gasteiger partial charge in [-0.1, -0.05) is 0 Å². The highest BCUT2D eigenvalue weighted by Crippen LogP contribution is 2.24. The van der Waals surface area contributed by atoms with Gasteiger partial charge in [-0.2, -0.15) is 5.26 Å². The van der Waals surface area contributed by atoms with E-state index in [2.05, 4.69) is 55.9 Å². The second kappa shape index (κ2) is 10.6. The molecule has 2 aromatic heterocycles. The summed E-state index contributed by atoms with van der Waals surface area (Å²) in [5, 5.41) is 20.1. The number of hydrogen-bond acceptors (Lipinski definition) is 9. The van der Waals surface area contributed by atoms with Gasteiger partial charge in [0, 0.05) is 68.7 Å². The van der Waals surface area contributed by atoms with Crippen molar-refractivity contribution in [3.05, 3.63) is 41.0 Å². The molecule has 3 N–H and O–H groups in total. The number of aryl methyl sites for hydroxylation is 1. The number of piperidine rings is 1. The zero-order chi connectivity index (χ0) is 21.5. The molecule has 164 valence electrons. The number of allylic oxidation sites excluding steroid dienone is 1. The Morgan fingerprint density at radius 2 is 2.13 bits per heavy atom. The Balaban J connectivity index is 1.46. The molecule has 9 heteroatoms. The molecular formula is C22H30N8S. The van der Waals surface area contributed by atoms with Crippen LogP contribution in [0.5, 0.6) is 0 Å². The molecule has 31 heavy (non-hydrogen) atoms. The molecule has 8 nitrogen and oxygen atoms in total. The molecule has 4 heterocycles. The topological polar surface area (TPSA) is 92.1 Å². The third kappa shape index (κ3) is 6.40. The maximum atomic E-state index is 8.72. The molecule has 0 amide bonds. The van der Waals surface area contributed by atoms with Crippen molar-refractivity contribution in [1.29, 1.82) is 5.26 Å². The highest BCUT2D eigenvalue weighted by molar-refractivity contribution is 7.15. The van der Waals surface area contributed by atoms with Gasteiger partial charge in [-0.3, -0.25) is 4.90 Å². The normalized spacial score (nSPS) is 20.0. The zero-order valence-corrected chi connectivity index (χ0v) is 18.8. The maximum absolute atomic E-state index is 8.72. The Kier molecular flexibility index (Phi) is 7.35. The average molecular weight is 439 g/mol. The molecule has 2 aliphatic heterocycles. The van der Waals surface area contributed by atoms with E-state index in [-0.39, 0.29) is 0 Å². The summed E-state index contributed by atoms with van der Waals surface area (Å²) in [7, 11) is 0. The van der Waals surface area contributed by atoms with Crippen molar-refractivity contribution < 1.29 is 0 Å². The maximum Gasteiger partial charge on any atom is 0.188 e. The summed E-state index contributed by atoms with van der Waals surface area (Å²) >= 11 is 1.63. The zero-order valence-electron chi connectivity index (χ0n) is 18.0. The van der Waals surface area contributed by atoms with Gasteiger partial charge < -0.3 is 20.9 Å². The third-order valence-corrected chi connectivity index (χ3v) is 6.39. The van der Waals surface area contributed by atoms with E-state index in [0.29, 0.717) is 6.04 Å². The molecule has 2 saturated heterocycles. The first-order valence-electron chi connectivity index (χ1n) is 10.9. The Hall–Kier alpha value is -2.67. The van der Waals surface area contributed by atoms with Crippen molar-refractivity contribution in [2.45, 2.75) is 32.4 Å². The van der Waals surface area contributed by atoms with Crippen LogP contribution in [0.3, 0.4) is 0 Å². The van der Waals surface area contributed by atoms with Crippen LogP contribution in [0.4, 0.5) is 16.8 Å². The van der Waals surface area contributed by atoms with Crippen LogP contribution in [0, 0.1) is 18.3 Å². The van der Waals surface area contributed by atoms with Crippen molar-refractivity contribution >= 4 is 28.1 Å². The van der Waals surface area contributed by atoms with Gasteiger partial charge >= 0.3 is 0 Å². The lowest BCUT2D eigenvalue weighted by Crippen LogP contribution is -2.43. The van der Waals surface area contributed by atoms with E-state index >= 15 is 0 Å². The summed E-state index contributed by atoms with van der Waals surface area (Å²) in [6.45, 7) is 8.82. The number of piperazine rings is 1. The quantitative estimate of drug-likeness (QED) is 0.569. The fraction of sp³-hybridized carbons (Fsp3) is 0.500. The van der Waals surface area contributed by atoms with Crippen LogP contribution >= 0.6 is 11.3 Å². The number of nitrogens with one attached hydrogen (secondary N) is 3. The number of hydrogen-bond donors (Lipinski definition) is 3. The first kappa shape index (κ1) is 21.6. The number of rotatable bonds is 7. The first-order valence-corrected chi connectivity index (χ1v) is 11.7. The van der Waals surface area contributed by atoms with E-state index in [1.54, 1.807) is 17.4 Å². The molecule has 0 spiro atoms. The van der Waals surface area contributed by atoms with Crippen molar-refractivity contribution in [2.24, 2.45) is 0 Å². The summed E-state index contributed by atoms with van der Waals surface area (Å²) in [6, 6.07) is 6.78. The number of anilines is 3. The minimum atomic E-state index is 0.405. The van der Waals surface area contributed by atoms with Crippen LogP contribution in [0.25, 0.3) is 0 Å². The summed E-state index contributed by atoms with van der Waals surface area (Å²) in [4.78, 5) is 15.1. The lowest BCUT2D eigenvalue weighted by atomic mass is 10.1. The fourth-order valence-electron chi connectivity index (χ4n) is 3.99.